The van der Waals surface area contributed by atoms with Crippen molar-refractivity contribution >= 4 is 5.91 Å². The summed E-state index contributed by atoms with van der Waals surface area (Å²) < 4.78 is 0. The van der Waals surface area contributed by atoms with Crippen molar-refractivity contribution in [3.05, 3.63) is 47.5 Å². The zero-order chi connectivity index (χ0) is 14.7. The van der Waals surface area contributed by atoms with Gasteiger partial charge in [0.1, 0.15) is 0 Å². The van der Waals surface area contributed by atoms with Crippen LogP contribution in [0.3, 0.4) is 0 Å². The molecule has 1 aliphatic heterocycles. The Balaban J connectivity index is 1.81. The van der Waals surface area contributed by atoms with Crippen LogP contribution in [0.15, 0.2) is 30.7 Å². The molecule has 110 valence electrons. The number of pyridine rings is 1. The van der Waals surface area contributed by atoms with Gasteiger partial charge in [-0.2, -0.15) is 5.10 Å². The minimum Gasteiger partial charge on any atom is -0.355 e. The highest BCUT2D eigenvalue weighted by Gasteiger charge is 2.30. The Labute approximate surface area is 123 Å². The molecule has 1 saturated heterocycles. The molecule has 21 heavy (non-hydrogen) atoms. The van der Waals surface area contributed by atoms with E-state index in [1.165, 1.54) is 5.56 Å². The first kappa shape index (κ1) is 13.8. The fraction of sp³-hybridized carbons (Fsp3) is 0.400. The summed E-state index contributed by atoms with van der Waals surface area (Å²) in [4.78, 5) is 18.5. The molecule has 3 heterocycles. The predicted octanol–water partition coefficient (Wildman–Crippen LogP) is 1.50. The van der Waals surface area contributed by atoms with E-state index in [1.807, 2.05) is 12.3 Å². The van der Waals surface area contributed by atoms with Crippen LogP contribution in [0.4, 0.5) is 0 Å². The van der Waals surface area contributed by atoms with Crippen LogP contribution in [0, 0.1) is 0 Å². The van der Waals surface area contributed by atoms with Crippen molar-refractivity contribution in [2.75, 3.05) is 13.6 Å². The summed E-state index contributed by atoms with van der Waals surface area (Å²) in [5, 5.41) is 9.73. The zero-order valence-electron chi connectivity index (χ0n) is 12.0. The molecule has 2 aromatic heterocycles. The molecule has 0 aliphatic carbocycles. The lowest BCUT2D eigenvalue weighted by Crippen LogP contribution is -2.26. The molecular weight excluding hydrogens is 266 g/mol. The number of nitrogens with one attached hydrogen (secondary N) is 2. The number of amides is 1. The summed E-state index contributed by atoms with van der Waals surface area (Å²) in [7, 11) is 1.64. The number of H-pyrrole nitrogens is 1. The van der Waals surface area contributed by atoms with E-state index in [-0.39, 0.29) is 11.9 Å². The average Bonchev–Trinajstić information content (AvgIpc) is 3.16. The Morgan fingerprint density at radius 2 is 2.43 bits per heavy atom. The van der Waals surface area contributed by atoms with Gasteiger partial charge in [0.2, 0.25) is 0 Å². The van der Waals surface area contributed by atoms with Crippen LogP contribution < -0.4 is 5.32 Å². The Morgan fingerprint density at radius 1 is 1.52 bits per heavy atom. The minimum absolute atomic E-state index is 0.0908. The minimum atomic E-state index is -0.0908. The second-order valence-electron chi connectivity index (χ2n) is 5.27. The molecule has 1 amide bonds. The average molecular weight is 285 g/mol. The lowest BCUT2D eigenvalue weighted by Gasteiger charge is -2.24. The highest BCUT2D eigenvalue weighted by atomic mass is 16.1. The molecule has 0 saturated carbocycles. The molecule has 6 heteroatoms. The van der Waals surface area contributed by atoms with Gasteiger partial charge in [0.05, 0.1) is 23.5 Å². The van der Waals surface area contributed by atoms with Gasteiger partial charge in [0, 0.05) is 26.0 Å². The van der Waals surface area contributed by atoms with Crippen LogP contribution in [0.2, 0.25) is 0 Å². The van der Waals surface area contributed by atoms with Crippen LogP contribution in [-0.2, 0) is 6.54 Å². The van der Waals surface area contributed by atoms with E-state index < -0.39 is 0 Å². The monoisotopic (exact) mass is 285 g/mol. The van der Waals surface area contributed by atoms with Gasteiger partial charge in [-0.1, -0.05) is 6.07 Å². The van der Waals surface area contributed by atoms with Crippen molar-refractivity contribution < 1.29 is 4.79 Å². The van der Waals surface area contributed by atoms with Crippen molar-refractivity contribution in [2.24, 2.45) is 0 Å². The van der Waals surface area contributed by atoms with Crippen molar-refractivity contribution in [1.82, 2.24) is 25.4 Å². The van der Waals surface area contributed by atoms with Crippen LogP contribution in [-0.4, -0.2) is 39.6 Å². The first-order valence-corrected chi connectivity index (χ1v) is 7.18. The Morgan fingerprint density at radius 3 is 3.19 bits per heavy atom. The van der Waals surface area contributed by atoms with Gasteiger partial charge in [-0.15, -0.1) is 0 Å². The summed E-state index contributed by atoms with van der Waals surface area (Å²) in [5.74, 6) is -0.0908. The number of aromatic nitrogens is 3. The molecule has 0 aromatic carbocycles. The van der Waals surface area contributed by atoms with Gasteiger partial charge < -0.3 is 5.32 Å². The molecule has 2 aromatic rings. The molecule has 6 nitrogen and oxygen atoms in total. The molecule has 0 unspecified atom stereocenters. The SMILES string of the molecule is CNC(=O)c1cn[nH]c1[C@H]1CCCN1Cc1cccnc1. The first-order chi connectivity index (χ1) is 10.3. The number of rotatable bonds is 4. The Kier molecular flexibility index (Phi) is 3.96. The number of nitrogens with zero attached hydrogens (tertiary/aromatic N) is 3. The third kappa shape index (κ3) is 2.80. The van der Waals surface area contributed by atoms with Gasteiger partial charge in [-0.05, 0) is 31.0 Å². The van der Waals surface area contributed by atoms with Crippen molar-refractivity contribution in [3.63, 3.8) is 0 Å². The zero-order valence-corrected chi connectivity index (χ0v) is 12.0. The highest BCUT2D eigenvalue weighted by Crippen LogP contribution is 2.33. The summed E-state index contributed by atoms with van der Waals surface area (Å²) in [6.07, 6.45) is 7.43. The smallest absolute Gasteiger partial charge is 0.254 e. The molecular formula is C15H19N5O. The maximum absolute atomic E-state index is 11.9. The topological polar surface area (TPSA) is 73.9 Å². The summed E-state index contributed by atoms with van der Waals surface area (Å²) in [6, 6.07) is 4.24. The Hall–Kier alpha value is -2.21. The largest absolute Gasteiger partial charge is 0.355 e. The van der Waals surface area contributed by atoms with Gasteiger partial charge >= 0.3 is 0 Å². The van der Waals surface area contributed by atoms with Crippen LogP contribution in [0.5, 0.6) is 0 Å². The van der Waals surface area contributed by atoms with E-state index in [4.69, 9.17) is 0 Å². The molecule has 1 atom stereocenters. The molecule has 0 bridgehead atoms. The Bertz CT molecular complexity index is 610. The van der Waals surface area contributed by atoms with Crippen LogP contribution in [0.1, 0.15) is 40.5 Å². The maximum Gasteiger partial charge on any atom is 0.254 e. The van der Waals surface area contributed by atoms with Gasteiger partial charge in [0.15, 0.2) is 0 Å². The molecule has 0 radical (unpaired) electrons. The predicted molar refractivity (Wildman–Crippen MR) is 78.6 cm³/mol. The van der Waals surface area contributed by atoms with E-state index in [2.05, 4.69) is 31.5 Å². The number of hydrogen-bond donors (Lipinski definition) is 2. The van der Waals surface area contributed by atoms with E-state index in [0.29, 0.717) is 5.56 Å². The van der Waals surface area contributed by atoms with Crippen molar-refractivity contribution in [1.29, 1.82) is 0 Å². The fourth-order valence-electron chi connectivity index (χ4n) is 2.93. The number of hydrogen-bond acceptors (Lipinski definition) is 4. The third-order valence-corrected chi connectivity index (χ3v) is 3.95. The molecule has 1 aliphatic rings. The highest BCUT2D eigenvalue weighted by molar-refractivity contribution is 5.95. The summed E-state index contributed by atoms with van der Waals surface area (Å²) >= 11 is 0. The summed E-state index contributed by atoms with van der Waals surface area (Å²) in [6.45, 7) is 1.86. The van der Waals surface area contributed by atoms with Gasteiger partial charge in [0.25, 0.3) is 5.91 Å². The number of carbonyl (C=O) groups is 1. The van der Waals surface area contributed by atoms with Gasteiger partial charge in [-0.25, -0.2) is 0 Å². The van der Waals surface area contributed by atoms with E-state index in [9.17, 15) is 4.79 Å². The number of carbonyl (C=O) groups excluding carboxylic acids is 1. The second kappa shape index (κ2) is 6.05. The van der Waals surface area contributed by atoms with E-state index >= 15 is 0 Å². The molecule has 2 N–H and O–H groups in total. The second-order valence-corrected chi connectivity index (χ2v) is 5.27. The molecule has 0 spiro atoms. The quantitative estimate of drug-likeness (QED) is 0.893. The van der Waals surface area contributed by atoms with Crippen molar-refractivity contribution in [2.45, 2.75) is 25.4 Å². The van der Waals surface area contributed by atoms with Crippen LogP contribution >= 0.6 is 0 Å². The standard InChI is InChI=1S/C15H19N5O/c1-16-15(21)12-9-18-19-14(12)13-5-3-7-20(13)10-11-4-2-6-17-8-11/h2,4,6,8-9,13H,3,5,7,10H2,1H3,(H,16,21)(H,18,19)/t13-/m1/s1. The van der Waals surface area contributed by atoms with Gasteiger partial charge in [-0.3, -0.25) is 19.8 Å². The maximum atomic E-state index is 11.9. The van der Waals surface area contributed by atoms with Crippen molar-refractivity contribution in [3.8, 4) is 0 Å². The molecule has 1 fully saturated rings. The fourth-order valence-corrected chi connectivity index (χ4v) is 2.93. The van der Waals surface area contributed by atoms with E-state index in [1.54, 1.807) is 19.4 Å². The third-order valence-electron chi connectivity index (χ3n) is 3.95. The molecule has 3 rings (SSSR count). The lowest BCUT2D eigenvalue weighted by molar-refractivity contribution is 0.0960. The number of aromatic amines is 1. The van der Waals surface area contributed by atoms with E-state index in [0.717, 1.165) is 31.6 Å². The first-order valence-electron chi connectivity index (χ1n) is 7.18. The number of likely N-dealkylation sites (tertiary alicyclic amines) is 1. The van der Waals surface area contributed by atoms with Crippen LogP contribution in [0.25, 0.3) is 0 Å². The normalized spacial score (nSPS) is 18.8. The lowest BCUT2D eigenvalue weighted by atomic mass is 10.1. The summed E-state index contributed by atoms with van der Waals surface area (Å²) in [5.41, 5.74) is 2.74.